The van der Waals surface area contributed by atoms with Gasteiger partial charge in [-0.05, 0) is 33.1 Å². The molecule has 0 radical (unpaired) electrons. The van der Waals surface area contributed by atoms with Crippen molar-refractivity contribution in [3.05, 3.63) is 0 Å². The fourth-order valence-electron chi connectivity index (χ4n) is 2.91. The zero-order valence-electron chi connectivity index (χ0n) is 15.3. The molecule has 0 aromatic rings. The Morgan fingerprint density at radius 1 is 1.17 bits per heavy atom. The number of ketones is 1. The zero-order valence-corrected chi connectivity index (χ0v) is 15.3. The van der Waals surface area contributed by atoms with Crippen LogP contribution in [-0.4, -0.2) is 59.8 Å². The summed E-state index contributed by atoms with van der Waals surface area (Å²) < 4.78 is 17.4. The number of carbonyl (C=O) groups is 1. The van der Waals surface area contributed by atoms with E-state index < -0.39 is 23.9 Å². The predicted octanol–water partition coefficient (Wildman–Crippen LogP) is 1.25. The van der Waals surface area contributed by atoms with Gasteiger partial charge in [-0.15, -0.1) is 0 Å². The van der Waals surface area contributed by atoms with Gasteiger partial charge < -0.3 is 19.3 Å². The van der Waals surface area contributed by atoms with Gasteiger partial charge >= 0.3 is 0 Å². The maximum Gasteiger partial charge on any atom is 0.183 e. The van der Waals surface area contributed by atoms with Crippen LogP contribution in [0.5, 0.6) is 0 Å². The molecule has 2 rings (SSSR count). The quantitative estimate of drug-likeness (QED) is 0.756. The van der Waals surface area contributed by atoms with Crippen molar-refractivity contribution in [2.45, 2.75) is 90.8 Å². The third kappa shape index (κ3) is 4.51. The van der Waals surface area contributed by atoms with Crippen molar-refractivity contribution >= 4 is 5.78 Å². The van der Waals surface area contributed by atoms with Gasteiger partial charge in [-0.2, -0.15) is 0 Å². The van der Waals surface area contributed by atoms with Gasteiger partial charge in [-0.25, -0.2) is 0 Å². The summed E-state index contributed by atoms with van der Waals surface area (Å²) in [6, 6.07) is -0.514. The van der Waals surface area contributed by atoms with Crippen LogP contribution >= 0.6 is 0 Å². The Hall–Kier alpha value is -0.530. The molecule has 0 bridgehead atoms. The zero-order chi connectivity index (χ0) is 17.6. The smallest absolute Gasteiger partial charge is 0.183 e. The topological polar surface area (TPSA) is 80.3 Å². The molecule has 6 atom stereocenters. The molecule has 0 aromatic carbocycles. The molecule has 0 spiro atoms. The van der Waals surface area contributed by atoms with E-state index in [4.69, 9.17) is 14.2 Å². The second-order valence-electron chi connectivity index (χ2n) is 8.60. The molecule has 0 saturated carbocycles. The van der Waals surface area contributed by atoms with Crippen molar-refractivity contribution in [3.63, 3.8) is 0 Å². The van der Waals surface area contributed by atoms with E-state index in [1.807, 2.05) is 48.5 Å². The summed E-state index contributed by atoms with van der Waals surface area (Å²) in [4.78, 5) is 13.1. The third-order valence-electron chi connectivity index (χ3n) is 4.12. The number of epoxide rings is 1. The van der Waals surface area contributed by atoms with Crippen molar-refractivity contribution in [1.82, 2.24) is 5.32 Å². The molecular weight excluding hydrogens is 298 g/mol. The summed E-state index contributed by atoms with van der Waals surface area (Å²) in [5.74, 6) is -0.0761. The highest BCUT2D eigenvalue weighted by atomic mass is 16.6. The number of hydrogen-bond acceptors (Lipinski definition) is 6. The number of carbonyl (C=O) groups excluding carboxylic acids is 1. The molecule has 6 heteroatoms. The average molecular weight is 329 g/mol. The fourth-order valence-corrected chi connectivity index (χ4v) is 2.91. The molecule has 2 aliphatic heterocycles. The van der Waals surface area contributed by atoms with Gasteiger partial charge in [-0.3, -0.25) is 10.1 Å². The van der Waals surface area contributed by atoms with Crippen molar-refractivity contribution < 1.29 is 24.1 Å². The van der Waals surface area contributed by atoms with Crippen LogP contribution in [0.4, 0.5) is 0 Å². The maximum atomic E-state index is 13.1. The SMILES string of the molecule is CC1OC1NC1C(=O)C(OC(C)(C)C)C(CO)OC1C(C)(C)C. The van der Waals surface area contributed by atoms with Crippen LogP contribution < -0.4 is 5.32 Å². The molecule has 0 aliphatic carbocycles. The third-order valence-corrected chi connectivity index (χ3v) is 4.12. The number of ether oxygens (including phenoxy) is 3. The predicted molar refractivity (Wildman–Crippen MR) is 86.1 cm³/mol. The molecule has 134 valence electrons. The van der Waals surface area contributed by atoms with E-state index in [-0.39, 0.29) is 36.2 Å². The van der Waals surface area contributed by atoms with Crippen LogP contribution in [0.25, 0.3) is 0 Å². The van der Waals surface area contributed by atoms with Crippen LogP contribution in [0, 0.1) is 5.41 Å². The van der Waals surface area contributed by atoms with E-state index in [2.05, 4.69) is 5.32 Å². The van der Waals surface area contributed by atoms with E-state index in [0.29, 0.717) is 0 Å². The Morgan fingerprint density at radius 2 is 1.74 bits per heavy atom. The van der Waals surface area contributed by atoms with Gasteiger partial charge in [0.1, 0.15) is 18.4 Å². The summed E-state index contributed by atoms with van der Waals surface area (Å²) in [7, 11) is 0. The molecule has 2 N–H and O–H groups in total. The van der Waals surface area contributed by atoms with Gasteiger partial charge in [0.15, 0.2) is 5.78 Å². The van der Waals surface area contributed by atoms with E-state index >= 15 is 0 Å². The Kier molecular flexibility index (Phi) is 5.24. The highest BCUT2D eigenvalue weighted by Crippen LogP contribution is 2.34. The number of Topliss-reactive ketones (excluding diaryl/α,β-unsaturated/α-hetero) is 1. The molecule has 0 aromatic heterocycles. The largest absolute Gasteiger partial charge is 0.394 e. The minimum atomic E-state index is -0.787. The lowest BCUT2D eigenvalue weighted by Gasteiger charge is -2.46. The monoisotopic (exact) mass is 329 g/mol. The molecule has 2 heterocycles. The van der Waals surface area contributed by atoms with Crippen molar-refractivity contribution in [1.29, 1.82) is 0 Å². The normalized spacial score (nSPS) is 38.7. The molecule has 23 heavy (non-hydrogen) atoms. The first-order chi connectivity index (χ1) is 10.4. The first-order valence-electron chi connectivity index (χ1n) is 8.33. The van der Waals surface area contributed by atoms with Gasteiger partial charge in [0.2, 0.25) is 0 Å². The van der Waals surface area contributed by atoms with Crippen LogP contribution in [0.2, 0.25) is 0 Å². The molecule has 2 fully saturated rings. The molecule has 2 aliphatic rings. The molecular formula is C17H31NO5. The standard InChI is InChI=1S/C17H31NO5/c1-9-15(21-9)18-11-12(20)13(23-17(5,6)7)10(8-19)22-14(11)16(2,3)4/h9-11,13-15,18-19H,8H2,1-7H3. The summed E-state index contributed by atoms with van der Waals surface area (Å²) in [5, 5.41) is 12.9. The molecule has 6 nitrogen and oxygen atoms in total. The number of aliphatic hydroxyl groups is 1. The lowest BCUT2D eigenvalue weighted by Crippen LogP contribution is -2.65. The average Bonchev–Trinajstić information content (AvgIpc) is 3.07. The van der Waals surface area contributed by atoms with Gasteiger partial charge in [0.25, 0.3) is 0 Å². The van der Waals surface area contributed by atoms with Crippen molar-refractivity contribution in [2.75, 3.05) is 6.61 Å². The Balaban J connectivity index is 2.24. The van der Waals surface area contributed by atoms with Gasteiger partial charge in [0, 0.05) is 0 Å². The van der Waals surface area contributed by atoms with Gasteiger partial charge in [0.05, 0.1) is 30.5 Å². The fraction of sp³-hybridized carbons (Fsp3) is 0.941. The Morgan fingerprint density at radius 3 is 2.13 bits per heavy atom. The first-order valence-corrected chi connectivity index (χ1v) is 8.33. The molecule has 0 amide bonds. The van der Waals surface area contributed by atoms with Crippen molar-refractivity contribution in [2.24, 2.45) is 5.41 Å². The summed E-state index contributed by atoms with van der Waals surface area (Å²) in [6.07, 6.45) is -1.82. The Bertz CT molecular complexity index is 439. The lowest BCUT2D eigenvalue weighted by atomic mass is 9.79. The molecule has 2 saturated heterocycles. The highest BCUT2D eigenvalue weighted by Gasteiger charge is 2.52. The van der Waals surface area contributed by atoms with E-state index in [9.17, 15) is 9.90 Å². The van der Waals surface area contributed by atoms with E-state index in [0.717, 1.165) is 0 Å². The van der Waals surface area contributed by atoms with E-state index in [1.54, 1.807) is 0 Å². The second-order valence-corrected chi connectivity index (χ2v) is 8.60. The molecule has 6 unspecified atom stereocenters. The van der Waals surface area contributed by atoms with E-state index in [1.165, 1.54) is 0 Å². The summed E-state index contributed by atoms with van der Waals surface area (Å²) in [6.45, 7) is 13.4. The van der Waals surface area contributed by atoms with Crippen LogP contribution in [0.3, 0.4) is 0 Å². The maximum absolute atomic E-state index is 13.1. The van der Waals surface area contributed by atoms with Crippen LogP contribution in [-0.2, 0) is 19.0 Å². The number of hydrogen-bond donors (Lipinski definition) is 2. The Labute approximate surface area is 138 Å². The van der Waals surface area contributed by atoms with Crippen LogP contribution in [0.1, 0.15) is 48.5 Å². The van der Waals surface area contributed by atoms with Crippen molar-refractivity contribution in [3.8, 4) is 0 Å². The van der Waals surface area contributed by atoms with Gasteiger partial charge in [-0.1, -0.05) is 20.8 Å². The summed E-state index contributed by atoms with van der Waals surface area (Å²) in [5.41, 5.74) is -0.759. The number of aliphatic hydroxyl groups excluding tert-OH is 1. The van der Waals surface area contributed by atoms with Crippen LogP contribution in [0.15, 0.2) is 0 Å². The minimum Gasteiger partial charge on any atom is -0.394 e. The first kappa shape index (κ1) is 18.8. The lowest BCUT2D eigenvalue weighted by molar-refractivity contribution is -0.209. The number of rotatable bonds is 4. The second kappa shape index (κ2) is 6.41. The highest BCUT2D eigenvalue weighted by molar-refractivity contribution is 5.90. The number of nitrogens with one attached hydrogen (secondary N) is 1. The summed E-state index contributed by atoms with van der Waals surface area (Å²) >= 11 is 0. The minimum absolute atomic E-state index is 0.0761.